The third-order valence-electron chi connectivity index (χ3n) is 2.66. The minimum absolute atomic E-state index is 0.308. The van der Waals surface area contributed by atoms with Crippen molar-refractivity contribution in [3.8, 4) is 0 Å². The van der Waals surface area contributed by atoms with Gasteiger partial charge in [0.25, 0.3) is 0 Å². The Kier molecular flexibility index (Phi) is 4.99. The summed E-state index contributed by atoms with van der Waals surface area (Å²) in [5.74, 6) is 0. The summed E-state index contributed by atoms with van der Waals surface area (Å²) in [4.78, 5) is 11.7. The molecule has 0 saturated carbocycles. The molecule has 1 aromatic carbocycles. The Hall–Kier alpha value is -1.26. The van der Waals surface area contributed by atoms with Gasteiger partial charge in [0, 0.05) is 11.6 Å². The third kappa shape index (κ3) is 3.89. The molecule has 0 radical (unpaired) electrons. The smallest absolute Gasteiger partial charge is 0.327 e. The van der Waals surface area contributed by atoms with Crippen molar-refractivity contribution < 1.29 is 10.0 Å². The fourth-order valence-corrected chi connectivity index (χ4v) is 1.71. The summed E-state index contributed by atoms with van der Waals surface area (Å²) in [6, 6.07) is 6.74. The molecule has 0 atom stereocenters. The van der Waals surface area contributed by atoms with E-state index in [9.17, 15) is 10.0 Å². The number of carbonyl (C=O) groups is 1. The predicted octanol–water partition coefficient (Wildman–Crippen LogP) is 3.39. The molecule has 1 rings (SSSR count). The Bertz CT molecular complexity index is 404. The monoisotopic (exact) mass is 270 g/mol. The highest BCUT2D eigenvalue weighted by Gasteiger charge is 2.24. The largest absolute Gasteiger partial charge is 0.341 e. The van der Waals surface area contributed by atoms with E-state index in [1.165, 1.54) is 0 Å². The number of halogens is 1. The van der Waals surface area contributed by atoms with E-state index >= 15 is 0 Å². The van der Waals surface area contributed by atoms with Crippen LogP contribution >= 0.6 is 11.6 Å². The number of nitrogens with one attached hydrogen (secondary N) is 1. The maximum Gasteiger partial charge on any atom is 0.341 e. The molecule has 0 aliphatic heterocycles. The molecule has 0 saturated heterocycles. The molecule has 0 aliphatic carbocycles. The van der Waals surface area contributed by atoms with Crippen molar-refractivity contribution >= 4 is 17.6 Å². The van der Waals surface area contributed by atoms with E-state index in [4.69, 9.17) is 11.6 Å². The maximum absolute atomic E-state index is 11.7. The van der Waals surface area contributed by atoms with Crippen molar-refractivity contribution in [1.29, 1.82) is 0 Å². The van der Waals surface area contributed by atoms with E-state index in [-0.39, 0.29) is 0 Å². The van der Waals surface area contributed by atoms with E-state index in [0.717, 1.165) is 5.56 Å². The molecule has 0 heterocycles. The number of nitrogens with zero attached hydrogens (tertiary/aromatic N) is 1. The Labute approximate surface area is 113 Å². The first kappa shape index (κ1) is 14.8. The first-order valence-corrected chi connectivity index (χ1v) is 6.29. The Balaban J connectivity index is 2.75. The molecule has 0 aliphatic rings. The zero-order chi connectivity index (χ0) is 13.8. The van der Waals surface area contributed by atoms with E-state index in [1.54, 1.807) is 12.1 Å². The number of amides is 2. The lowest BCUT2D eigenvalue weighted by Gasteiger charge is -2.29. The van der Waals surface area contributed by atoms with Gasteiger partial charge in [-0.15, -0.1) is 0 Å². The number of hydrogen-bond acceptors (Lipinski definition) is 2. The van der Waals surface area contributed by atoms with Crippen molar-refractivity contribution in [2.45, 2.75) is 32.7 Å². The number of hydrogen-bond donors (Lipinski definition) is 2. The van der Waals surface area contributed by atoms with Crippen LogP contribution in [0, 0.1) is 0 Å². The molecule has 5 heteroatoms. The normalized spacial score (nSPS) is 11.2. The second-order valence-corrected chi connectivity index (χ2v) is 5.12. The van der Waals surface area contributed by atoms with E-state index in [0.29, 0.717) is 23.1 Å². The van der Waals surface area contributed by atoms with Crippen LogP contribution in [0.2, 0.25) is 5.02 Å². The number of carbonyl (C=O) groups excluding carboxylic acids is 1. The number of urea groups is 1. The van der Waals surface area contributed by atoms with Crippen molar-refractivity contribution in [2.24, 2.45) is 0 Å². The van der Waals surface area contributed by atoms with Crippen LogP contribution in [0.15, 0.2) is 24.3 Å². The molecular formula is C13H19ClN2O2. The van der Waals surface area contributed by atoms with Crippen molar-refractivity contribution in [3.05, 3.63) is 34.9 Å². The molecule has 0 spiro atoms. The lowest BCUT2D eigenvalue weighted by Crippen LogP contribution is -2.47. The highest BCUT2D eigenvalue weighted by Crippen LogP contribution is 2.22. The van der Waals surface area contributed by atoms with Gasteiger partial charge in [0.1, 0.15) is 0 Å². The topological polar surface area (TPSA) is 52.6 Å². The number of benzene rings is 1. The fraction of sp³-hybridized carbons (Fsp3) is 0.462. The van der Waals surface area contributed by atoms with Crippen LogP contribution in [-0.2, 0) is 5.54 Å². The first-order valence-electron chi connectivity index (χ1n) is 5.91. The van der Waals surface area contributed by atoms with Crippen LogP contribution in [0.5, 0.6) is 0 Å². The maximum atomic E-state index is 11.7. The summed E-state index contributed by atoms with van der Waals surface area (Å²) in [5, 5.41) is 13.6. The molecule has 4 nitrogen and oxygen atoms in total. The molecule has 0 bridgehead atoms. The van der Waals surface area contributed by atoms with E-state index in [1.807, 2.05) is 32.9 Å². The van der Waals surface area contributed by atoms with Gasteiger partial charge in [0.05, 0.1) is 5.54 Å². The van der Waals surface area contributed by atoms with Crippen LogP contribution in [0.4, 0.5) is 4.79 Å². The predicted molar refractivity (Wildman–Crippen MR) is 71.8 cm³/mol. The molecule has 2 N–H and O–H groups in total. The molecule has 0 fully saturated rings. The van der Waals surface area contributed by atoms with Gasteiger partial charge in [-0.1, -0.05) is 30.7 Å². The fourth-order valence-electron chi connectivity index (χ4n) is 1.58. The molecule has 2 amide bonds. The number of hydroxylamine groups is 2. The Morgan fingerprint density at radius 2 is 1.94 bits per heavy atom. The van der Waals surface area contributed by atoms with Crippen LogP contribution < -0.4 is 5.32 Å². The summed E-state index contributed by atoms with van der Waals surface area (Å²) in [7, 11) is 0. The summed E-state index contributed by atoms with van der Waals surface area (Å²) in [5.41, 5.74) is 0.348. The molecule has 1 aromatic rings. The van der Waals surface area contributed by atoms with Gasteiger partial charge in [-0.2, -0.15) is 0 Å². The van der Waals surface area contributed by atoms with Gasteiger partial charge in [-0.3, -0.25) is 5.21 Å². The second-order valence-electron chi connectivity index (χ2n) is 4.69. The van der Waals surface area contributed by atoms with Crippen LogP contribution in [0.25, 0.3) is 0 Å². The molecule has 100 valence electrons. The quantitative estimate of drug-likeness (QED) is 0.651. The minimum Gasteiger partial charge on any atom is -0.327 e. The van der Waals surface area contributed by atoms with Gasteiger partial charge in [0.2, 0.25) is 0 Å². The minimum atomic E-state index is -0.573. The Morgan fingerprint density at radius 3 is 2.44 bits per heavy atom. The molecule has 0 unspecified atom stereocenters. The van der Waals surface area contributed by atoms with Crippen molar-refractivity contribution in [1.82, 2.24) is 10.4 Å². The SMILES string of the molecule is CCCN(O)C(=O)NC(C)(C)c1ccc(Cl)cc1. The van der Waals surface area contributed by atoms with Gasteiger partial charge in [0.15, 0.2) is 0 Å². The highest BCUT2D eigenvalue weighted by atomic mass is 35.5. The highest BCUT2D eigenvalue weighted by molar-refractivity contribution is 6.30. The summed E-state index contributed by atoms with van der Waals surface area (Å²) < 4.78 is 0. The summed E-state index contributed by atoms with van der Waals surface area (Å²) >= 11 is 5.82. The lowest BCUT2D eigenvalue weighted by atomic mass is 9.94. The number of rotatable bonds is 4. The van der Waals surface area contributed by atoms with E-state index < -0.39 is 11.6 Å². The van der Waals surface area contributed by atoms with E-state index in [2.05, 4.69) is 5.32 Å². The zero-order valence-electron chi connectivity index (χ0n) is 10.9. The second kappa shape index (κ2) is 6.07. The molecule has 0 aromatic heterocycles. The lowest BCUT2D eigenvalue weighted by molar-refractivity contribution is -0.0453. The summed E-state index contributed by atoms with van der Waals surface area (Å²) in [6.07, 6.45) is 0.700. The van der Waals surface area contributed by atoms with Crippen LogP contribution in [-0.4, -0.2) is 22.8 Å². The zero-order valence-corrected chi connectivity index (χ0v) is 11.7. The van der Waals surface area contributed by atoms with Gasteiger partial charge >= 0.3 is 6.03 Å². The van der Waals surface area contributed by atoms with Crippen LogP contribution in [0.1, 0.15) is 32.8 Å². The van der Waals surface area contributed by atoms with Gasteiger partial charge < -0.3 is 5.32 Å². The van der Waals surface area contributed by atoms with Crippen molar-refractivity contribution in [2.75, 3.05) is 6.54 Å². The van der Waals surface area contributed by atoms with Gasteiger partial charge in [-0.25, -0.2) is 9.86 Å². The Morgan fingerprint density at radius 1 is 1.39 bits per heavy atom. The molecular weight excluding hydrogens is 252 g/mol. The van der Waals surface area contributed by atoms with Crippen LogP contribution in [0.3, 0.4) is 0 Å². The summed E-state index contributed by atoms with van der Waals surface area (Å²) in [6.45, 7) is 5.94. The van der Waals surface area contributed by atoms with Gasteiger partial charge in [-0.05, 0) is 38.0 Å². The average Bonchev–Trinajstić information content (AvgIpc) is 2.29. The molecule has 18 heavy (non-hydrogen) atoms. The van der Waals surface area contributed by atoms with Crippen molar-refractivity contribution in [3.63, 3.8) is 0 Å². The third-order valence-corrected chi connectivity index (χ3v) is 2.91. The first-order chi connectivity index (χ1) is 8.36. The average molecular weight is 271 g/mol. The standard InChI is InChI=1S/C13H19ClN2O2/c1-4-9-16(18)12(17)15-13(2,3)10-5-7-11(14)8-6-10/h5-8,18H,4,9H2,1-3H3,(H,15,17).